The van der Waals surface area contributed by atoms with Gasteiger partial charge < -0.3 is 5.11 Å². The van der Waals surface area contributed by atoms with Crippen molar-refractivity contribution >= 4 is 22.8 Å². The second-order valence-electron chi connectivity index (χ2n) is 3.97. The van der Waals surface area contributed by atoms with Gasteiger partial charge in [-0.1, -0.05) is 36.4 Å². The van der Waals surface area contributed by atoms with Crippen LogP contribution in [0.4, 0.5) is 13.2 Å². The second kappa shape index (κ2) is 4.76. The van der Waals surface area contributed by atoms with Crippen LogP contribution in [0.25, 0.3) is 16.8 Å². The van der Waals surface area contributed by atoms with Crippen LogP contribution in [0.3, 0.4) is 0 Å². The van der Waals surface area contributed by atoms with E-state index in [9.17, 15) is 18.0 Å². The van der Waals surface area contributed by atoms with Crippen molar-refractivity contribution in [2.24, 2.45) is 0 Å². The predicted molar refractivity (Wildman–Crippen MR) is 65.6 cm³/mol. The Bertz CT molecular complexity index is 657. The lowest BCUT2D eigenvalue weighted by Gasteiger charge is -2.07. The summed E-state index contributed by atoms with van der Waals surface area (Å²) in [4.78, 5) is 10.6. The Morgan fingerprint density at radius 1 is 1.05 bits per heavy atom. The Kier molecular flexibility index (Phi) is 3.29. The third kappa shape index (κ3) is 2.93. The summed E-state index contributed by atoms with van der Waals surface area (Å²) in [5, 5.41) is 10.2. The Labute approximate surface area is 106 Å². The molecule has 2 rings (SSSR count). The first-order valence-electron chi connectivity index (χ1n) is 5.39. The molecule has 0 aliphatic rings. The largest absolute Gasteiger partial charge is 0.478 e. The highest BCUT2D eigenvalue weighted by atomic mass is 19.4. The smallest absolute Gasteiger partial charge is 0.423 e. The Morgan fingerprint density at radius 3 is 2.26 bits per heavy atom. The molecule has 0 radical (unpaired) electrons. The van der Waals surface area contributed by atoms with Crippen molar-refractivity contribution < 1.29 is 23.1 Å². The van der Waals surface area contributed by atoms with Crippen LogP contribution in [-0.2, 0) is 4.79 Å². The summed E-state index contributed by atoms with van der Waals surface area (Å²) in [7, 11) is 0. The molecule has 0 aromatic heterocycles. The average Bonchev–Trinajstić information content (AvgIpc) is 2.34. The zero-order valence-electron chi connectivity index (χ0n) is 9.61. The van der Waals surface area contributed by atoms with E-state index >= 15 is 0 Å². The van der Waals surface area contributed by atoms with Crippen LogP contribution in [0.5, 0.6) is 0 Å². The number of carbonyl (C=O) groups is 1. The average molecular weight is 266 g/mol. The molecular formula is C14H9F3O2. The quantitative estimate of drug-likeness (QED) is 0.838. The van der Waals surface area contributed by atoms with Crippen LogP contribution in [0.15, 0.2) is 48.0 Å². The number of carboxylic acid groups (broad SMARTS) is 1. The van der Waals surface area contributed by atoms with Gasteiger partial charge in [0.25, 0.3) is 0 Å². The zero-order chi connectivity index (χ0) is 14.0. The number of halogens is 3. The Balaban J connectivity index is 2.52. The highest BCUT2D eigenvalue weighted by molar-refractivity contribution is 5.94. The molecule has 2 aromatic carbocycles. The van der Waals surface area contributed by atoms with Gasteiger partial charge in [-0.05, 0) is 28.5 Å². The first kappa shape index (κ1) is 13.1. The molecule has 0 aliphatic heterocycles. The molecule has 0 heterocycles. The van der Waals surface area contributed by atoms with Gasteiger partial charge in [0.15, 0.2) is 0 Å². The lowest BCUT2D eigenvalue weighted by atomic mass is 10.0. The number of hydrogen-bond acceptors (Lipinski definition) is 1. The number of aliphatic carboxylic acids is 1. The van der Waals surface area contributed by atoms with Crippen molar-refractivity contribution in [3.05, 3.63) is 53.6 Å². The molecule has 2 aromatic rings. The molecule has 98 valence electrons. The summed E-state index contributed by atoms with van der Waals surface area (Å²) in [5.74, 6) is -1.99. The molecule has 0 bridgehead atoms. The summed E-state index contributed by atoms with van der Waals surface area (Å²) in [6.45, 7) is 0. The van der Waals surface area contributed by atoms with Crippen LogP contribution in [-0.4, -0.2) is 17.3 Å². The van der Waals surface area contributed by atoms with Crippen molar-refractivity contribution in [1.29, 1.82) is 0 Å². The maximum atomic E-state index is 12.5. The first-order chi connectivity index (χ1) is 8.88. The fraction of sp³-hybridized carbons (Fsp3) is 0.0714. The van der Waals surface area contributed by atoms with E-state index in [0.29, 0.717) is 6.08 Å². The van der Waals surface area contributed by atoms with Crippen molar-refractivity contribution in [1.82, 2.24) is 0 Å². The number of hydrogen-bond donors (Lipinski definition) is 1. The first-order valence-corrected chi connectivity index (χ1v) is 5.39. The summed E-state index contributed by atoms with van der Waals surface area (Å²) < 4.78 is 37.6. The highest BCUT2D eigenvalue weighted by Crippen LogP contribution is 2.28. The molecule has 0 fully saturated rings. The van der Waals surface area contributed by atoms with Crippen LogP contribution in [0.2, 0.25) is 0 Å². The SMILES string of the molecule is O=C(O)/C(=C/c1ccc2ccccc2c1)C(F)(F)F. The lowest BCUT2D eigenvalue weighted by molar-refractivity contribution is -0.144. The zero-order valence-corrected chi connectivity index (χ0v) is 9.61. The Morgan fingerprint density at radius 2 is 1.68 bits per heavy atom. The number of rotatable bonds is 2. The topological polar surface area (TPSA) is 37.3 Å². The van der Waals surface area contributed by atoms with E-state index < -0.39 is 17.7 Å². The van der Waals surface area contributed by atoms with Gasteiger partial charge in [-0.2, -0.15) is 13.2 Å². The van der Waals surface area contributed by atoms with Crippen molar-refractivity contribution in [3.63, 3.8) is 0 Å². The third-order valence-corrected chi connectivity index (χ3v) is 2.62. The minimum atomic E-state index is -4.88. The normalized spacial score (nSPS) is 12.7. The molecule has 0 aliphatic carbocycles. The number of fused-ring (bicyclic) bond motifs is 1. The van der Waals surface area contributed by atoms with E-state index in [1.807, 2.05) is 12.1 Å². The maximum Gasteiger partial charge on any atom is 0.423 e. The summed E-state index contributed by atoms with van der Waals surface area (Å²) in [6, 6.07) is 11.8. The van der Waals surface area contributed by atoms with Gasteiger partial charge in [-0.3, -0.25) is 0 Å². The standard InChI is InChI=1S/C14H9F3O2/c15-14(16,17)12(13(18)19)8-9-5-6-10-3-1-2-4-11(10)7-9/h1-8H,(H,18,19)/b12-8-. The molecule has 5 heteroatoms. The van der Waals surface area contributed by atoms with Gasteiger partial charge in [0.1, 0.15) is 5.57 Å². The fourth-order valence-corrected chi connectivity index (χ4v) is 1.73. The molecule has 19 heavy (non-hydrogen) atoms. The van der Waals surface area contributed by atoms with Crippen LogP contribution in [0.1, 0.15) is 5.56 Å². The maximum absolute atomic E-state index is 12.5. The number of carboxylic acids is 1. The van der Waals surface area contributed by atoms with Crippen LogP contribution >= 0.6 is 0 Å². The van der Waals surface area contributed by atoms with Gasteiger partial charge in [-0.25, -0.2) is 4.79 Å². The number of benzene rings is 2. The van der Waals surface area contributed by atoms with Gasteiger partial charge in [-0.15, -0.1) is 0 Å². The van der Waals surface area contributed by atoms with Crippen molar-refractivity contribution in [3.8, 4) is 0 Å². The third-order valence-electron chi connectivity index (χ3n) is 2.62. The van der Waals surface area contributed by atoms with Crippen LogP contribution in [0, 0.1) is 0 Å². The Hall–Kier alpha value is -2.30. The van der Waals surface area contributed by atoms with E-state index in [0.717, 1.165) is 10.8 Å². The van der Waals surface area contributed by atoms with Gasteiger partial charge in [0.05, 0.1) is 0 Å². The molecule has 2 nitrogen and oxygen atoms in total. The lowest BCUT2D eigenvalue weighted by Crippen LogP contribution is -2.19. The van der Waals surface area contributed by atoms with Gasteiger partial charge in [0.2, 0.25) is 0 Å². The van der Waals surface area contributed by atoms with E-state index in [2.05, 4.69) is 0 Å². The number of alkyl halides is 3. The molecular weight excluding hydrogens is 257 g/mol. The fourth-order valence-electron chi connectivity index (χ4n) is 1.73. The van der Waals surface area contributed by atoms with Gasteiger partial charge in [0, 0.05) is 0 Å². The second-order valence-corrected chi connectivity index (χ2v) is 3.97. The van der Waals surface area contributed by atoms with E-state index in [1.54, 1.807) is 18.2 Å². The minimum Gasteiger partial charge on any atom is -0.478 e. The highest BCUT2D eigenvalue weighted by Gasteiger charge is 2.38. The van der Waals surface area contributed by atoms with Crippen molar-refractivity contribution in [2.75, 3.05) is 0 Å². The van der Waals surface area contributed by atoms with Crippen molar-refractivity contribution in [2.45, 2.75) is 6.18 Å². The molecule has 0 unspecified atom stereocenters. The van der Waals surface area contributed by atoms with Crippen LogP contribution < -0.4 is 0 Å². The van der Waals surface area contributed by atoms with E-state index in [1.165, 1.54) is 12.1 Å². The molecule has 1 N–H and O–H groups in total. The molecule has 0 amide bonds. The van der Waals surface area contributed by atoms with E-state index in [4.69, 9.17) is 5.11 Å². The summed E-state index contributed by atoms with van der Waals surface area (Å²) in [6.07, 6.45) is -4.24. The molecule has 0 spiro atoms. The summed E-state index contributed by atoms with van der Waals surface area (Å²) >= 11 is 0. The summed E-state index contributed by atoms with van der Waals surface area (Å²) in [5.41, 5.74) is -1.38. The monoisotopic (exact) mass is 266 g/mol. The molecule has 0 atom stereocenters. The molecule has 0 saturated carbocycles. The molecule has 0 saturated heterocycles. The van der Waals surface area contributed by atoms with E-state index in [-0.39, 0.29) is 5.56 Å². The minimum absolute atomic E-state index is 0.202. The van der Waals surface area contributed by atoms with Gasteiger partial charge >= 0.3 is 12.1 Å². The predicted octanol–water partition coefficient (Wildman–Crippen LogP) is 3.87.